The third-order valence-electron chi connectivity index (χ3n) is 5.31. The Kier molecular flexibility index (Phi) is 4.54. The van der Waals surface area contributed by atoms with Gasteiger partial charge in [0, 0.05) is 19.1 Å². The first-order valence-corrected chi connectivity index (χ1v) is 9.52. The fraction of sp³-hybridized carbons (Fsp3) is 0.684. The number of hydrogen-bond donors (Lipinski definition) is 2. The average molecular weight is 344 g/mol. The minimum Gasteiger partial charge on any atom is -0.372 e. The van der Waals surface area contributed by atoms with Gasteiger partial charge in [0.2, 0.25) is 0 Å². The van der Waals surface area contributed by atoms with E-state index in [0.29, 0.717) is 17.9 Å². The second-order valence-electron chi connectivity index (χ2n) is 7.87. The van der Waals surface area contributed by atoms with Crippen molar-refractivity contribution in [3.8, 4) is 0 Å². The minimum absolute atomic E-state index is 0.105. The van der Waals surface area contributed by atoms with Crippen molar-refractivity contribution in [3.63, 3.8) is 0 Å². The Morgan fingerprint density at radius 3 is 2.32 bits per heavy atom. The zero-order valence-electron chi connectivity index (χ0n) is 15.1. The van der Waals surface area contributed by atoms with E-state index in [2.05, 4.69) is 34.4 Å². The zero-order valence-corrected chi connectivity index (χ0v) is 15.1. The normalized spacial score (nSPS) is 26.6. The molecule has 2 aliphatic carbocycles. The first-order valence-electron chi connectivity index (χ1n) is 9.52. The number of morpholine rings is 1. The van der Waals surface area contributed by atoms with Crippen LogP contribution in [0.4, 0.5) is 16.3 Å². The maximum absolute atomic E-state index is 12.3. The van der Waals surface area contributed by atoms with Gasteiger partial charge >= 0.3 is 6.03 Å². The molecule has 2 heterocycles. The molecule has 6 nitrogen and oxygen atoms in total. The summed E-state index contributed by atoms with van der Waals surface area (Å²) in [5.74, 6) is 2.33. The number of amides is 2. The molecule has 1 aromatic heterocycles. The van der Waals surface area contributed by atoms with Crippen molar-refractivity contribution in [2.75, 3.05) is 23.3 Å². The van der Waals surface area contributed by atoms with E-state index < -0.39 is 0 Å². The van der Waals surface area contributed by atoms with E-state index in [9.17, 15) is 4.79 Å². The van der Waals surface area contributed by atoms with Crippen molar-refractivity contribution < 1.29 is 9.53 Å². The molecule has 0 radical (unpaired) electrons. The molecule has 0 spiro atoms. The molecule has 4 rings (SSSR count). The van der Waals surface area contributed by atoms with Gasteiger partial charge in [0.15, 0.2) is 0 Å². The third-order valence-corrected chi connectivity index (χ3v) is 5.31. The maximum atomic E-state index is 12.3. The molecule has 0 aromatic carbocycles. The number of nitrogens with one attached hydrogen (secondary N) is 2. The first-order chi connectivity index (χ1) is 12.1. The smallest absolute Gasteiger partial charge is 0.319 e. The summed E-state index contributed by atoms with van der Waals surface area (Å²) >= 11 is 0. The number of pyridine rings is 1. The van der Waals surface area contributed by atoms with Gasteiger partial charge in [0.1, 0.15) is 5.82 Å². The van der Waals surface area contributed by atoms with Gasteiger partial charge in [0.05, 0.1) is 24.1 Å². The maximum Gasteiger partial charge on any atom is 0.319 e. The van der Waals surface area contributed by atoms with Crippen LogP contribution in [0, 0.1) is 11.8 Å². The van der Waals surface area contributed by atoms with E-state index in [1.54, 1.807) is 6.20 Å². The second kappa shape index (κ2) is 6.83. The standard InChI is InChI=1S/C19H28N4O2/c1-12-10-23(11-13(2)25-12)17-8-7-16(9-20-17)21-19(24)22-18(14-3-4-14)15-5-6-15/h7-9,12-15,18H,3-6,10-11H2,1-2H3,(H2,21,22,24)/t12-,13+. The highest BCUT2D eigenvalue weighted by Crippen LogP contribution is 2.44. The molecule has 0 bridgehead atoms. The van der Waals surface area contributed by atoms with Crippen molar-refractivity contribution in [1.29, 1.82) is 0 Å². The number of carbonyl (C=O) groups excluding carboxylic acids is 1. The third kappa shape index (κ3) is 4.24. The average Bonchev–Trinajstić information content (AvgIpc) is 3.46. The quantitative estimate of drug-likeness (QED) is 0.862. The summed E-state index contributed by atoms with van der Waals surface area (Å²) in [4.78, 5) is 19.0. The summed E-state index contributed by atoms with van der Waals surface area (Å²) in [6, 6.07) is 4.16. The van der Waals surface area contributed by atoms with Crippen molar-refractivity contribution >= 4 is 17.5 Å². The van der Waals surface area contributed by atoms with Gasteiger partial charge in [-0.25, -0.2) is 9.78 Å². The molecule has 2 saturated carbocycles. The number of carbonyl (C=O) groups is 1. The van der Waals surface area contributed by atoms with Crippen LogP contribution in [0.25, 0.3) is 0 Å². The number of rotatable bonds is 5. The van der Waals surface area contributed by atoms with E-state index in [-0.39, 0.29) is 18.2 Å². The van der Waals surface area contributed by atoms with Crippen molar-refractivity contribution in [2.45, 2.75) is 57.8 Å². The molecule has 136 valence electrons. The van der Waals surface area contributed by atoms with Crippen LogP contribution in [0.15, 0.2) is 18.3 Å². The fourth-order valence-corrected chi connectivity index (χ4v) is 3.86. The van der Waals surface area contributed by atoms with Gasteiger partial charge in [-0.05, 0) is 63.5 Å². The van der Waals surface area contributed by atoms with E-state index in [4.69, 9.17) is 4.74 Å². The van der Waals surface area contributed by atoms with Crippen LogP contribution >= 0.6 is 0 Å². The van der Waals surface area contributed by atoms with Gasteiger partial charge in [-0.15, -0.1) is 0 Å². The lowest BCUT2D eigenvalue weighted by atomic mass is 10.1. The van der Waals surface area contributed by atoms with Crippen LogP contribution in [-0.4, -0.2) is 42.4 Å². The highest BCUT2D eigenvalue weighted by molar-refractivity contribution is 5.89. The number of ether oxygens (including phenoxy) is 1. The molecule has 1 aliphatic heterocycles. The van der Waals surface area contributed by atoms with Crippen LogP contribution in [0.5, 0.6) is 0 Å². The van der Waals surface area contributed by atoms with E-state index in [1.807, 2.05) is 12.1 Å². The number of aromatic nitrogens is 1. The summed E-state index contributed by atoms with van der Waals surface area (Å²) < 4.78 is 5.77. The molecule has 2 atom stereocenters. The van der Waals surface area contributed by atoms with Gasteiger partial charge in [0.25, 0.3) is 0 Å². The van der Waals surface area contributed by atoms with Crippen LogP contribution in [0.3, 0.4) is 0 Å². The molecule has 3 aliphatic rings. The van der Waals surface area contributed by atoms with Gasteiger partial charge in [-0.2, -0.15) is 0 Å². The van der Waals surface area contributed by atoms with Crippen molar-refractivity contribution in [1.82, 2.24) is 10.3 Å². The Hall–Kier alpha value is -1.82. The SMILES string of the molecule is C[C@@H]1CN(c2ccc(NC(=O)NC(C3CC3)C3CC3)cn2)C[C@H](C)O1. The lowest BCUT2D eigenvalue weighted by Crippen LogP contribution is -2.45. The van der Waals surface area contributed by atoms with E-state index in [0.717, 1.165) is 24.6 Å². The molecular weight excluding hydrogens is 316 g/mol. The van der Waals surface area contributed by atoms with Crippen LogP contribution < -0.4 is 15.5 Å². The molecule has 2 N–H and O–H groups in total. The lowest BCUT2D eigenvalue weighted by Gasteiger charge is -2.36. The van der Waals surface area contributed by atoms with Crippen LogP contribution in [-0.2, 0) is 4.74 Å². The van der Waals surface area contributed by atoms with E-state index >= 15 is 0 Å². The zero-order chi connectivity index (χ0) is 17.4. The summed E-state index contributed by atoms with van der Waals surface area (Å²) in [5, 5.41) is 6.10. The molecule has 1 saturated heterocycles. The van der Waals surface area contributed by atoms with Crippen LogP contribution in [0.2, 0.25) is 0 Å². The summed E-state index contributed by atoms with van der Waals surface area (Å²) in [5.41, 5.74) is 0.737. The lowest BCUT2D eigenvalue weighted by molar-refractivity contribution is -0.00545. The van der Waals surface area contributed by atoms with Crippen LogP contribution in [0.1, 0.15) is 39.5 Å². The largest absolute Gasteiger partial charge is 0.372 e. The van der Waals surface area contributed by atoms with E-state index in [1.165, 1.54) is 25.7 Å². The summed E-state index contributed by atoms with van der Waals surface area (Å²) in [6.45, 7) is 5.85. The Balaban J connectivity index is 1.33. The first kappa shape index (κ1) is 16.6. The minimum atomic E-state index is -0.105. The number of nitrogens with zero attached hydrogens (tertiary/aromatic N) is 2. The number of hydrogen-bond acceptors (Lipinski definition) is 4. The highest BCUT2D eigenvalue weighted by atomic mass is 16.5. The van der Waals surface area contributed by atoms with Crippen molar-refractivity contribution in [2.24, 2.45) is 11.8 Å². The topological polar surface area (TPSA) is 66.5 Å². The van der Waals surface area contributed by atoms with Gasteiger partial charge in [-0.3, -0.25) is 0 Å². The molecule has 3 fully saturated rings. The predicted octanol–water partition coefficient (Wildman–Crippen LogP) is 3.01. The summed E-state index contributed by atoms with van der Waals surface area (Å²) in [6.07, 6.45) is 7.18. The van der Waals surface area contributed by atoms with Gasteiger partial charge in [-0.1, -0.05) is 0 Å². The fourth-order valence-electron chi connectivity index (χ4n) is 3.86. The monoisotopic (exact) mass is 344 g/mol. The Labute approximate surface area is 149 Å². The number of urea groups is 1. The Bertz CT molecular complexity index is 590. The summed E-state index contributed by atoms with van der Waals surface area (Å²) in [7, 11) is 0. The Morgan fingerprint density at radius 2 is 1.80 bits per heavy atom. The highest BCUT2D eigenvalue weighted by Gasteiger charge is 2.42. The molecule has 0 unspecified atom stereocenters. The Morgan fingerprint density at radius 1 is 1.16 bits per heavy atom. The van der Waals surface area contributed by atoms with Gasteiger partial charge < -0.3 is 20.3 Å². The molecular formula is C19H28N4O2. The molecule has 2 amide bonds. The second-order valence-corrected chi connectivity index (χ2v) is 7.87. The van der Waals surface area contributed by atoms with Crippen molar-refractivity contribution in [3.05, 3.63) is 18.3 Å². The predicted molar refractivity (Wildman–Crippen MR) is 97.8 cm³/mol. The molecule has 25 heavy (non-hydrogen) atoms. The molecule has 6 heteroatoms. The number of anilines is 2. The molecule has 1 aromatic rings.